The third kappa shape index (κ3) is 2.57. The van der Waals surface area contributed by atoms with Crippen LogP contribution in [-0.4, -0.2) is 6.54 Å². The highest BCUT2D eigenvalue weighted by Gasteiger charge is 2.10. The maximum Gasteiger partial charge on any atom is 0.336 e. The van der Waals surface area contributed by atoms with Gasteiger partial charge in [-0.15, -0.1) is 0 Å². The highest BCUT2D eigenvalue weighted by molar-refractivity contribution is 5.95. The predicted octanol–water partition coefficient (Wildman–Crippen LogP) is 3.70. The fourth-order valence-electron chi connectivity index (χ4n) is 2.51. The van der Waals surface area contributed by atoms with E-state index in [1.54, 1.807) is 6.07 Å². The van der Waals surface area contributed by atoms with E-state index >= 15 is 0 Å². The Morgan fingerprint density at radius 3 is 2.73 bits per heavy atom. The molecule has 2 aromatic carbocycles. The predicted molar refractivity (Wildman–Crippen MR) is 86.8 cm³/mol. The molecule has 4 nitrogen and oxygen atoms in total. The molecule has 1 aromatic heterocycles. The van der Waals surface area contributed by atoms with Gasteiger partial charge in [-0.05, 0) is 30.2 Å². The first kappa shape index (κ1) is 13.9. The molecule has 0 fully saturated rings. The lowest BCUT2D eigenvalue weighted by atomic mass is 9.98. The van der Waals surface area contributed by atoms with Crippen molar-refractivity contribution in [3.63, 3.8) is 0 Å². The highest BCUT2D eigenvalue weighted by Crippen LogP contribution is 2.30. The quantitative estimate of drug-likeness (QED) is 0.590. The molecule has 108 valence electrons. The minimum Gasteiger partial charge on any atom is -0.423 e. The van der Waals surface area contributed by atoms with Gasteiger partial charge in [-0.25, -0.2) is 4.79 Å². The maximum atomic E-state index is 11.9. The maximum absolute atomic E-state index is 11.9. The van der Waals surface area contributed by atoms with Crippen LogP contribution in [0.3, 0.4) is 0 Å². The number of rotatable bonds is 3. The van der Waals surface area contributed by atoms with Gasteiger partial charge in [0.1, 0.15) is 12.1 Å². The lowest BCUT2D eigenvalue weighted by Crippen LogP contribution is -2.01. The van der Waals surface area contributed by atoms with E-state index in [0.29, 0.717) is 5.58 Å². The molecule has 0 spiro atoms. The van der Waals surface area contributed by atoms with Crippen molar-refractivity contribution in [3.8, 4) is 17.2 Å². The Bertz CT molecular complexity index is 936. The average Bonchev–Trinajstić information content (AvgIpc) is 2.52. The van der Waals surface area contributed by atoms with Crippen LogP contribution >= 0.6 is 0 Å². The Labute approximate surface area is 127 Å². The van der Waals surface area contributed by atoms with Gasteiger partial charge in [-0.3, -0.25) is 0 Å². The van der Waals surface area contributed by atoms with Gasteiger partial charge in [0.05, 0.1) is 6.07 Å². The van der Waals surface area contributed by atoms with Crippen LogP contribution < -0.4 is 10.9 Å². The summed E-state index contributed by atoms with van der Waals surface area (Å²) in [6, 6.07) is 17.0. The molecular weight excluding hydrogens is 276 g/mol. The number of hydrogen-bond acceptors (Lipinski definition) is 4. The Balaban J connectivity index is 2.22. The number of aryl methyl sites for hydroxylation is 1. The largest absolute Gasteiger partial charge is 0.423 e. The summed E-state index contributed by atoms with van der Waals surface area (Å²) < 4.78 is 5.31. The summed E-state index contributed by atoms with van der Waals surface area (Å²) in [6.45, 7) is 2.21. The van der Waals surface area contributed by atoms with E-state index in [1.807, 2.05) is 49.4 Å². The zero-order chi connectivity index (χ0) is 15.5. The summed E-state index contributed by atoms with van der Waals surface area (Å²) in [7, 11) is 0. The molecule has 3 rings (SSSR count). The second-order valence-electron chi connectivity index (χ2n) is 5.02. The molecule has 0 aliphatic rings. The molecule has 0 aliphatic carbocycles. The lowest BCUT2D eigenvalue weighted by molar-refractivity contribution is 0.561. The van der Waals surface area contributed by atoms with E-state index in [9.17, 15) is 4.79 Å². The molecule has 0 saturated carbocycles. The molecule has 0 atom stereocenters. The molecule has 0 unspecified atom stereocenters. The standard InChI is InChI=1S/C18H14N2O2/c1-12-4-2-3-5-14(12)16-11-18(21)22-17-10-13(20-9-8-19)6-7-15(16)17/h2-7,10-11,20H,9H2,1H3. The van der Waals surface area contributed by atoms with Gasteiger partial charge < -0.3 is 9.73 Å². The van der Waals surface area contributed by atoms with Crippen molar-refractivity contribution in [2.24, 2.45) is 0 Å². The van der Waals surface area contributed by atoms with Crippen LogP contribution in [-0.2, 0) is 0 Å². The summed E-state index contributed by atoms with van der Waals surface area (Å²) in [6.07, 6.45) is 0. The van der Waals surface area contributed by atoms with Crippen LogP contribution in [0.1, 0.15) is 5.56 Å². The van der Waals surface area contributed by atoms with Gasteiger partial charge in [0.15, 0.2) is 0 Å². The number of fused-ring (bicyclic) bond motifs is 1. The molecule has 0 bridgehead atoms. The molecule has 0 saturated heterocycles. The molecule has 0 radical (unpaired) electrons. The number of hydrogen-bond donors (Lipinski definition) is 1. The molecule has 0 aliphatic heterocycles. The highest BCUT2D eigenvalue weighted by atomic mass is 16.4. The van der Waals surface area contributed by atoms with Crippen LogP contribution in [0.25, 0.3) is 22.1 Å². The smallest absolute Gasteiger partial charge is 0.336 e. The molecule has 3 aromatic rings. The molecule has 1 N–H and O–H groups in total. The number of nitrogens with zero attached hydrogens (tertiary/aromatic N) is 1. The van der Waals surface area contributed by atoms with Crippen LogP contribution in [0.5, 0.6) is 0 Å². The van der Waals surface area contributed by atoms with Gasteiger partial charge in [0.2, 0.25) is 0 Å². The van der Waals surface area contributed by atoms with E-state index in [0.717, 1.165) is 27.8 Å². The minimum atomic E-state index is -0.386. The van der Waals surface area contributed by atoms with Gasteiger partial charge in [-0.2, -0.15) is 5.26 Å². The number of anilines is 1. The number of benzene rings is 2. The van der Waals surface area contributed by atoms with E-state index in [4.69, 9.17) is 9.68 Å². The van der Waals surface area contributed by atoms with Crippen LogP contribution in [0.4, 0.5) is 5.69 Å². The Morgan fingerprint density at radius 1 is 1.14 bits per heavy atom. The zero-order valence-electron chi connectivity index (χ0n) is 12.1. The summed E-state index contributed by atoms with van der Waals surface area (Å²) in [4.78, 5) is 11.9. The van der Waals surface area contributed by atoms with E-state index < -0.39 is 0 Å². The monoisotopic (exact) mass is 290 g/mol. The second kappa shape index (κ2) is 5.74. The third-order valence-electron chi connectivity index (χ3n) is 3.55. The van der Waals surface area contributed by atoms with Crippen LogP contribution in [0, 0.1) is 18.3 Å². The van der Waals surface area contributed by atoms with Gasteiger partial charge in [-0.1, -0.05) is 24.3 Å². The Hall–Kier alpha value is -3.06. The topological polar surface area (TPSA) is 66.0 Å². The van der Waals surface area contributed by atoms with Crippen molar-refractivity contribution >= 4 is 16.7 Å². The average molecular weight is 290 g/mol. The number of nitriles is 1. The van der Waals surface area contributed by atoms with Gasteiger partial charge in [0.25, 0.3) is 0 Å². The molecule has 1 heterocycles. The third-order valence-corrected chi connectivity index (χ3v) is 3.55. The fourth-order valence-corrected chi connectivity index (χ4v) is 2.51. The molecule has 4 heteroatoms. The zero-order valence-corrected chi connectivity index (χ0v) is 12.1. The Kier molecular flexibility index (Phi) is 3.63. The summed E-state index contributed by atoms with van der Waals surface area (Å²) >= 11 is 0. The van der Waals surface area contributed by atoms with Crippen molar-refractivity contribution in [1.29, 1.82) is 5.26 Å². The molecule has 22 heavy (non-hydrogen) atoms. The van der Waals surface area contributed by atoms with Gasteiger partial charge in [0, 0.05) is 28.8 Å². The first-order valence-corrected chi connectivity index (χ1v) is 6.94. The van der Waals surface area contributed by atoms with Crippen molar-refractivity contribution < 1.29 is 4.42 Å². The first-order valence-electron chi connectivity index (χ1n) is 6.94. The van der Waals surface area contributed by atoms with Crippen molar-refractivity contribution in [1.82, 2.24) is 0 Å². The summed E-state index contributed by atoms with van der Waals surface area (Å²) in [5.74, 6) is 0. The molecule has 0 amide bonds. The Morgan fingerprint density at radius 2 is 1.95 bits per heavy atom. The van der Waals surface area contributed by atoms with Crippen molar-refractivity contribution in [3.05, 3.63) is 64.5 Å². The first-order chi connectivity index (χ1) is 10.7. The summed E-state index contributed by atoms with van der Waals surface area (Å²) in [5.41, 5.74) is 3.84. The van der Waals surface area contributed by atoms with Crippen molar-refractivity contribution in [2.75, 3.05) is 11.9 Å². The minimum absolute atomic E-state index is 0.202. The van der Waals surface area contributed by atoms with Gasteiger partial charge >= 0.3 is 5.63 Å². The normalized spacial score (nSPS) is 10.4. The van der Waals surface area contributed by atoms with Crippen LogP contribution in [0.2, 0.25) is 0 Å². The van der Waals surface area contributed by atoms with Crippen molar-refractivity contribution in [2.45, 2.75) is 6.92 Å². The SMILES string of the molecule is Cc1ccccc1-c1cc(=O)oc2cc(NCC#N)ccc12. The molecular formula is C18H14N2O2. The van der Waals surface area contributed by atoms with E-state index in [-0.39, 0.29) is 12.2 Å². The summed E-state index contributed by atoms with van der Waals surface area (Å²) in [5, 5.41) is 12.4. The second-order valence-corrected chi connectivity index (χ2v) is 5.02. The number of nitrogens with one attached hydrogen (secondary N) is 1. The van der Waals surface area contributed by atoms with Crippen LogP contribution in [0.15, 0.2) is 57.7 Å². The van der Waals surface area contributed by atoms with E-state index in [1.165, 1.54) is 6.07 Å². The van der Waals surface area contributed by atoms with E-state index in [2.05, 4.69) is 5.32 Å². The lowest BCUT2D eigenvalue weighted by Gasteiger charge is -2.10. The fraction of sp³-hybridized carbons (Fsp3) is 0.111.